The van der Waals surface area contributed by atoms with Gasteiger partial charge in [-0.3, -0.25) is 14.4 Å². The first-order valence-electron chi connectivity index (χ1n) is 13.5. The fourth-order valence-electron chi connectivity index (χ4n) is 4.72. The van der Waals surface area contributed by atoms with Crippen LogP contribution in [0.5, 0.6) is 11.5 Å². The molecular formula is C29H33N5O4S. The van der Waals surface area contributed by atoms with Gasteiger partial charge in [0.1, 0.15) is 21.5 Å². The number of aromatic nitrogens is 2. The number of amides is 3. The largest absolute Gasteiger partial charge is 0.457 e. The van der Waals surface area contributed by atoms with Crippen LogP contribution in [0.3, 0.4) is 0 Å². The highest BCUT2D eigenvalue weighted by molar-refractivity contribution is 7.14. The molecule has 0 saturated carbocycles. The number of nitrogens with one attached hydrogen (secondary N) is 1. The Hall–Kier alpha value is -3.79. The van der Waals surface area contributed by atoms with Crippen molar-refractivity contribution >= 4 is 29.1 Å². The molecule has 1 aromatic heterocycles. The van der Waals surface area contributed by atoms with E-state index in [9.17, 15) is 14.4 Å². The molecule has 10 heteroatoms. The molecule has 2 saturated heterocycles. The molecule has 0 radical (unpaired) electrons. The zero-order valence-electron chi connectivity index (χ0n) is 22.3. The Bertz CT molecular complexity index is 1350. The monoisotopic (exact) mass is 547 g/mol. The number of hydrogen-bond donors (Lipinski definition) is 1. The van der Waals surface area contributed by atoms with Crippen molar-refractivity contribution < 1.29 is 19.1 Å². The fraction of sp³-hybridized carbons (Fsp3) is 0.414. The van der Waals surface area contributed by atoms with Crippen LogP contribution in [0, 0.1) is 0 Å². The predicted octanol–water partition coefficient (Wildman–Crippen LogP) is 4.60. The van der Waals surface area contributed by atoms with E-state index in [4.69, 9.17) is 4.74 Å². The summed E-state index contributed by atoms with van der Waals surface area (Å²) in [7, 11) is 0. The molecule has 2 aliphatic rings. The molecule has 0 aliphatic carbocycles. The van der Waals surface area contributed by atoms with Crippen molar-refractivity contribution in [3.63, 3.8) is 0 Å². The third-order valence-corrected chi connectivity index (χ3v) is 8.24. The van der Waals surface area contributed by atoms with E-state index < -0.39 is 0 Å². The number of likely N-dealkylation sites (tertiary alicyclic amines) is 2. The van der Waals surface area contributed by atoms with Gasteiger partial charge >= 0.3 is 0 Å². The van der Waals surface area contributed by atoms with Crippen molar-refractivity contribution in [3.05, 3.63) is 58.6 Å². The van der Waals surface area contributed by atoms with E-state index in [0.29, 0.717) is 62.0 Å². The number of benzene rings is 2. The number of carbonyl (C=O) groups is 3. The van der Waals surface area contributed by atoms with Crippen LogP contribution >= 0.6 is 11.3 Å². The van der Waals surface area contributed by atoms with Gasteiger partial charge in [0, 0.05) is 68.2 Å². The quantitative estimate of drug-likeness (QED) is 0.398. The van der Waals surface area contributed by atoms with Crippen LogP contribution in [0.1, 0.15) is 66.4 Å². The second-order valence-electron chi connectivity index (χ2n) is 10.2. The second-order valence-corrected chi connectivity index (χ2v) is 11.2. The maximum absolute atomic E-state index is 12.9. The highest BCUT2D eigenvalue weighted by atomic mass is 32.1. The molecule has 3 aromatic rings. The molecule has 2 fully saturated rings. The van der Waals surface area contributed by atoms with Crippen LogP contribution in [-0.2, 0) is 16.1 Å². The van der Waals surface area contributed by atoms with Crippen LogP contribution < -0.4 is 10.1 Å². The Labute approximate surface area is 232 Å². The van der Waals surface area contributed by atoms with E-state index in [1.807, 2.05) is 35.2 Å². The lowest BCUT2D eigenvalue weighted by Gasteiger charge is -2.19. The molecule has 3 amide bonds. The Morgan fingerprint density at radius 1 is 1.00 bits per heavy atom. The molecule has 204 valence electrons. The summed E-state index contributed by atoms with van der Waals surface area (Å²) in [5.74, 6) is 1.50. The number of hydrogen-bond acceptors (Lipinski definition) is 7. The van der Waals surface area contributed by atoms with Gasteiger partial charge in [0.25, 0.3) is 5.91 Å². The summed E-state index contributed by atoms with van der Waals surface area (Å²) in [6.07, 6.45) is 2.86. The molecule has 0 bridgehead atoms. The number of ether oxygens (including phenoxy) is 1. The molecule has 39 heavy (non-hydrogen) atoms. The Kier molecular flexibility index (Phi) is 8.21. The van der Waals surface area contributed by atoms with Crippen LogP contribution in [0.25, 0.3) is 10.6 Å². The zero-order chi connectivity index (χ0) is 27.4. The number of carbonyl (C=O) groups excluding carboxylic acids is 3. The summed E-state index contributed by atoms with van der Waals surface area (Å²) in [6, 6.07) is 13.0. The van der Waals surface area contributed by atoms with E-state index in [2.05, 4.69) is 29.4 Å². The van der Waals surface area contributed by atoms with Gasteiger partial charge < -0.3 is 19.9 Å². The van der Waals surface area contributed by atoms with Gasteiger partial charge in [-0.1, -0.05) is 31.3 Å². The first-order chi connectivity index (χ1) is 18.9. The lowest BCUT2D eigenvalue weighted by Crippen LogP contribution is -2.35. The molecule has 2 aliphatic heterocycles. The SMILES string of the molecule is CC(C)c1nnc(-c2ccc(Oc3cc(C(=O)NCCN4CCCC4=O)ccc3CN3CCCC3=O)cc2)s1. The molecule has 5 rings (SSSR count). The van der Waals surface area contributed by atoms with Crippen molar-refractivity contribution in [2.75, 3.05) is 26.2 Å². The third-order valence-electron chi connectivity index (χ3n) is 6.96. The number of nitrogens with zero attached hydrogens (tertiary/aromatic N) is 4. The minimum absolute atomic E-state index is 0.126. The minimum atomic E-state index is -0.233. The van der Waals surface area contributed by atoms with Gasteiger partial charge in [0.2, 0.25) is 11.8 Å². The number of rotatable bonds is 10. The molecule has 0 unspecified atom stereocenters. The first kappa shape index (κ1) is 26.8. The Morgan fingerprint density at radius 3 is 2.36 bits per heavy atom. The van der Waals surface area contributed by atoms with Crippen LogP contribution in [-0.4, -0.2) is 63.9 Å². The lowest BCUT2D eigenvalue weighted by molar-refractivity contribution is -0.128. The Morgan fingerprint density at radius 2 is 1.72 bits per heavy atom. The van der Waals surface area contributed by atoms with Gasteiger partial charge in [-0.2, -0.15) is 0 Å². The summed E-state index contributed by atoms with van der Waals surface area (Å²) in [6.45, 7) is 6.96. The van der Waals surface area contributed by atoms with Crippen molar-refractivity contribution in [1.29, 1.82) is 0 Å². The van der Waals surface area contributed by atoms with Gasteiger partial charge in [0.15, 0.2) is 0 Å². The maximum atomic E-state index is 12.9. The van der Waals surface area contributed by atoms with Gasteiger partial charge in [-0.05, 0) is 49.2 Å². The van der Waals surface area contributed by atoms with Crippen LogP contribution in [0.15, 0.2) is 42.5 Å². The average Bonchev–Trinajstić information content (AvgIpc) is 3.68. The van der Waals surface area contributed by atoms with E-state index >= 15 is 0 Å². The maximum Gasteiger partial charge on any atom is 0.251 e. The second kappa shape index (κ2) is 11.9. The third kappa shape index (κ3) is 6.44. The smallest absolute Gasteiger partial charge is 0.251 e. The highest BCUT2D eigenvalue weighted by Crippen LogP contribution is 2.32. The highest BCUT2D eigenvalue weighted by Gasteiger charge is 2.23. The van der Waals surface area contributed by atoms with Crippen molar-refractivity contribution in [1.82, 2.24) is 25.3 Å². The van der Waals surface area contributed by atoms with Gasteiger partial charge in [-0.15, -0.1) is 10.2 Å². The lowest BCUT2D eigenvalue weighted by atomic mass is 10.1. The van der Waals surface area contributed by atoms with E-state index in [1.165, 1.54) is 0 Å². The summed E-state index contributed by atoms with van der Waals surface area (Å²) in [5.41, 5.74) is 2.25. The standard InChI is InChI=1S/C29H33N5O4S/c1-19(2)28-31-32-29(39-28)20-9-11-23(12-10-20)38-24-17-21(7-8-22(24)18-34-15-4-6-26(34)36)27(37)30-13-16-33-14-3-5-25(33)35/h7-12,17,19H,3-6,13-16,18H2,1-2H3,(H,30,37). The Balaban J connectivity index is 1.31. The zero-order valence-corrected chi connectivity index (χ0v) is 23.1. The molecule has 0 atom stereocenters. The van der Waals surface area contributed by atoms with Gasteiger partial charge in [-0.25, -0.2) is 0 Å². The van der Waals surface area contributed by atoms with Crippen molar-refractivity contribution in [2.24, 2.45) is 0 Å². The predicted molar refractivity (Wildman–Crippen MR) is 149 cm³/mol. The van der Waals surface area contributed by atoms with E-state index in [0.717, 1.165) is 40.5 Å². The van der Waals surface area contributed by atoms with E-state index in [-0.39, 0.29) is 17.7 Å². The minimum Gasteiger partial charge on any atom is -0.457 e. The molecule has 0 spiro atoms. The molecular weight excluding hydrogens is 514 g/mol. The normalized spacial score (nSPS) is 15.5. The first-order valence-corrected chi connectivity index (χ1v) is 14.3. The topological polar surface area (TPSA) is 105 Å². The molecule has 1 N–H and O–H groups in total. The summed E-state index contributed by atoms with van der Waals surface area (Å²) < 4.78 is 6.28. The summed E-state index contributed by atoms with van der Waals surface area (Å²) >= 11 is 1.58. The van der Waals surface area contributed by atoms with Gasteiger partial charge in [0.05, 0.1) is 0 Å². The average molecular weight is 548 g/mol. The fourth-order valence-corrected chi connectivity index (χ4v) is 5.57. The summed E-state index contributed by atoms with van der Waals surface area (Å²) in [5, 5.41) is 13.3. The molecule has 2 aromatic carbocycles. The van der Waals surface area contributed by atoms with Crippen LogP contribution in [0.2, 0.25) is 0 Å². The molecule has 3 heterocycles. The van der Waals surface area contributed by atoms with E-state index in [1.54, 1.807) is 28.4 Å². The summed E-state index contributed by atoms with van der Waals surface area (Å²) in [4.78, 5) is 40.6. The van der Waals surface area contributed by atoms with Crippen molar-refractivity contribution in [3.8, 4) is 22.1 Å². The molecule has 9 nitrogen and oxygen atoms in total. The van der Waals surface area contributed by atoms with Crippen LogP contribution in [0.4, 0.5) is 0 Å². The van der Waals surface area contributed by atoms with Crippen molar-refractivity contribution in [2.45, 2.75) is 52.0 Å².